The van der Waals surface area contributed by atoms with Crippen LogP contribution in [-0.4, -0.2) is 44.9 Å². The first kappa shape index (κ1) is 22.6. The number of carbonyl (C=O) groups excluding carboxylic acids is 1. The van der Waals surface area contributed by atoms with Gasteiger partial charge in [0.05, 0.1) is 12.1 Å². The van der Waals surface area contributed by atoms with Gasteiger partial charge in [-0.3, -0.25) is 4.79 Å². The lowest BCUT2D eigenvalue weighted by Crippen LogP contribution is -2.43. The number of nitrogens with one attached hydrogen (secondary N) is 1. The van der Waals surface area contributed by atoms with E-state index in [1.54, 1.807) is 17.5 Å². The molecule has 0 saturated carbocycles. The van der Waals surface area contributed by atoms with Crippen LogP contribution < -0.4 is 10.1 Å². The minimum atomic E-state index is -4.40. The molecular formula is C19H21F3N2O4S2. The SMILES string of the molecule is O=C(NCCOc1ccc(C(F)(F)F)cc1)C1CCN(S(=O)(=O)c2cccs2)CC1. The summed E-state index contributed by atoms with van der Waals surface area (Å²) in [6.07, 6.45) is -3.54. The molecule has 2 heterocycles. The van der Waals surface area contributed by atoms with E-state index in [9.17, 15) is 26.4 Å². The first-order valence-corrected chi connectivity index (χ1v) is 11.6. The highest BCUT2D eigenvalue weighted by Crippen LogP contribution is 2.30. The topological polar surface area (TPSA) is 75.7 Å². The van der Waals surface area contributed by atoms with E-state index in [0.29, 0.717) is 17.1 Å². The van der Waals surface area contributed by atoms with Crippen LogP contribution in [0, 0.1) is 5.92 Å². The molecule has 0 unspecified atom stereocenters. The number of piperidine rings is 1. The van der Waals surface area contributed by atoms with Crippen molar-refractivity contribution in [2.75, 3.05) is 26.2 Å². The average molecular weight is 463 g/mol. The van der Waals surface area contributed by atoms with Crippen LogP contribution in [0.5, 0.6) is 5.75 Å². The van der Waals surface area contributed by atoms with Crippen LogP contribution in [0.2, 0.25) is 0 Å². The third-order valence-electron chi connectivity index (χ3n) is 4.77. The number of hydrogen-bond donors (Lipinski definition) is 1. The van der Waals surface area contributed by atoms with Crippen molar-refractivity contribution in [3.05, 3.63) is 47.3 Å². The number of benzene rings is 1. The predicted octanol–water partition coefficient (Wildman–Crippen LogP) is 3.36. The lowest BCUT2D eigenvalue weighted by atomic mass is 9.97. The Hall–Kier alpha value is -2.11. The van der Waals surface area contributed by atoms with E-state index < -0.39 is 21.8 Å². The fourth-order valence-electron chi connectivity index (χ4n) is 3.12. The molecule has 1 aliphatic rings. The monoisotopic (exact) mass is 462 g/mol. The van der Waals surface area contributed by atoms with Crippen LogP contribution in [0.15, 0.2) is 46.0 Å². The summed E-state index contributed by atoms with van der Waals surface area (Å²) in [6, 6.07) is 7.58. The summed E-state index contributed by atoms with van der Waals surface area (Å²) in [5.74, 6) is -0.186. The van der Waals surface area contributed by atoms with Crippen LogP contribution >= 0.6 is 11.3 Å². The summed E-state index contributed by atoms with van der Waals surface area (Å²) in [6.45, 7) is 0.872. The Morgan fingerprint density at radius 2 is 1.83 bits per heavy atom. The Morgan fingerprint density at radius 3 is 2.40 bits per heavy atom. The maximum Gasteiger partial charge on any atom is 0.416 e. The van der Waals surface area contributed by atoms with Crippen LogP contribution in [0.4, 0.5) is 13.2 Å². The average Bonchev–Trinajstić information content (AvgIpc) is 3.27. The summed E-state index contributed by atoms with van der Waals surface area (Å²) in [5.41, 5.74) is -0.754. The molecule has 3 rings (SSSR count). The smallest absolute Gasteiger partial charge is 0.416 e. The number of hydrogen-bond acceptors (Lipinski definition) is 5. The maximum atomic E-state index is 12.5. The molecule has 2 aromatic rings. The van der Waals surface area contributed by atoms with Crippen molar-refractivity contribution in [1.29, 1.82) is 0 Å². The third-order valence-corrected chi connectivity index (χ3v) is 8.04. The van der Waals surface area contributed by atoms with Crippen molar-refractivity contribution >= 4 is 27.3 Å². The zero-order valence-corrected chi connectivity index (χ0v) is 17.5. The Kier molecular flexibility index (Phi) is 7.04. The molecule has 0 aliphatic carbocycles. The second-order valence-corrected chi connectivity index (χ2v) is 9.88. The van der Waals surface area contributed by atoms with Gasteiger partial charge < -0.3 is 10.1 Å². The van der Waals surface area contributed by atoms with E-state index >= 15 is 0 Å². The predicted molar refractivity (Wildman–Crippen MR) is 106 cm³/mol. The molecule has 0 spiro atoms. The van der Waals surface area contributed by atoms with E-state index in [1.165, 1.54) is 27.8 Å². The van der Waals surface area contributed by atoms with E-state index in [-0.39, 0.29) is 43.8 Å². The number of halogens is 3. The molecule has 1 saturated heterocycles. The second-order valence-electron chi connectivity index (χ2n) is 6.77. The Labute approximate surface area is 176 Å². The van der Waals surface area contributed by atoms with Gasteiger partial charge in [0.1, 0.15) is 16.6 Å². The quantitative estimate of drug-likeness (QED) is 0.641. The van der Waals surface area contributed by atoms with Gasteiger partial charge in [-0.05, 0) is 48.6 Å². The highest BCUT2D eigenvalue weighted by Gasteiger charge is 2.32. The van der Waals surface area contributed by atoms with Crippen molar-refractivity contribution < 1.29 is 31.1 Å². The number of rotatable bonds is 7. The highest BCUT2D eigenvalue weighted by atomic mass is 32.2. The van der Waals surface area contributed by atoms with Gasteiger partial charge >= 0.3 is 6.18 Å². The Bertz CT molecular complexity index is 937. The van der Waals surface area contributed by atoms with Gasteiger partial charge in [-0.15, -0.1) is 11.3 Å². The molecular weight excluding hydrogens is 441 g/mol. The summed E-state index contributed by atoms with van der Waals surface area (Å²) in [5, 5.41) is 4.44. The molecule has 164 valence electrons. The van der Waals surface area contributed by atoms with Gasteiger partial charge in [0.2, 0.25) is 5.91 Å². The maximum absolute atomic E-state index is 12.5. The number of amides is 1. The van der Waals surface area contributed by atoms with Crippen molar-refractivity contribution in [1.82, 2.24) is 9.62 Å². The third kappa shape index (κ3) is 5.52. The largest absolute Gasteiger partial charge is 0.492 e. The van der Waals surface area contributed by atoms with Crippen LogP contribution in [0.3, 0.4) is 0 Å². The van der Waals surface area contributed by atoms with Crippen LogP contribution in [0.1, 0.15) is 18.4 Å². The fourth-order valence-corrected chi connectivity index (χ4v) is 5.74. The number of ether oxygens (including phenoxy) is 1. The fraction of sp³-hybridized carbons (Fsp3) is 0.421. The van der Waals surface area contributed by atoms with Crippen LogP contribution in [-0.2, 0) is 21.0 Å². The van der Waals surface area contributed by atoms with Gasteiger partial charge in [-0.25, -0.2) is 8.42 Å². The zero-order valence-electron chi connectivity index (χ0n) is 15.9. The molecule has 30 heavy (non-hydrogen) atoms. The molecule has 1 amide bonds. The molecule has 1 N–H and O–H groups in total. The number of sulfonamides is 1. The van der Waals surface area contributed by atoms with Crippen molar-refractivity contribution in [3.8, 4) is 5.75 Å². The van der Waals surface area contributed by atoms with E-state index in [0.717, 1.165) is 12.1 Å². The van der Waals surface area contributed by atoms with Crippen LogP contribution in [0.25, 0.3) is 0 Å². The second kappa shape index (κ2) is 9.36. The summed E-state index contributed by atoms with van der Waals surface area (Å²) in [4.78, 5) is 12.3. The van der Waals surface area contributed by atoms with Gasteiger partial charge in [-0.2, -0.15) is 17.5 Å². The number of nitrogens with zero attached hydrogens (tertiary/aromatic N) is 1. The first-order chi connectivity index (χ1) is 14.2. The molecule has 0 bridgehead atoms. The summed E-state index contributed by atoms with van der Waals surface area (Å²) in [7, 11) is -3.50. The minimum absolute atomic E-state index is 0.114. The number of alkyl halides is 3. The zero-order chi connectivity index (χ0) is 21.8. The molecule has 1 aromatic heterocycles. The Balaban J connectivity index is 1.39. The summed E-state index contributed by atoms with van der Waals surface area (Å²) < 4.78 is 69.6. The van der Waals surface area contributed by atoms with Gasteiger partial charge in [0.25, 0.3) is 10.0 Å². The molecule has 6 nitrogen and oxygen atoms in total. The minimum Gasteiger partial charge on any atom is -0.492 e. The molecule has 1 fully saturated rings. The van der Waals surface area contributed by atoms with Crippen molar-refractivity contribution in [3.63, 3.8) is 0 Å². The van der Waals surface area contributed by atoms with E-state index in [1.807, 2.05) is 0 Å². The highest BCUT2D eigenvalue weighted by molar-refractivity contribution is 7.91. The van der Waals surface area contributed by atoms with E-state index in [4.69, 9.17) is 4.74 Å². The lowest BCUT2D eigenvalue weighted by Gasteiger charge is -2.30. The summed E-state index contributed by atoms with van der Waals surface area (Å²) >= 11 is 1.17. The van der Waals surface area contributed by atoms with E-state index in [2.05, 4.69) is 5.32 Å². The van der Waals surface area contributed by atoms with Crippen molar-refractivity contribution in [2.45, 2.75) is 23.2 Å². The first-order valence-electron chi connectivity index (χ1n) is 9.29. The van der Waals surface area contributed by atoms with Gasteiger partial charge in [0, 0.05) is 19.0 Å². The molecule has 1 aromatic carbocycles. The van der Waals surface area contributed by atoms with Crippen molar-refractivity contribution in [2.24, 2.45) is 5.92 Å². The normalized spacial score (nSPS) is 16.4. The number of thiophene rings is 1. The molecule has 11 heteroatoms. The molecule has 0 atom stereocenters. The van der Waals surface area contributed by atoms with Gasteiger partial charge in [-0.1, -0.05) is 6.07 Å². The Morgan fingerprint density at radius 1 is 1.17 bits per heavy atom. The standard InChI is InChI=1S/C19H21F3N2O4S2/c20-19(21,22)15-3-5-16(6-4-15)28-12-9-23-18(25)14-7-10-24(11-8-14)30(26,27)17-2-1-13-29-17/h1-6,13-14H,7-12H2,(H,23,25). The van der Waals surface area contributed by atoms with Gasteiger partial charge in [0.15, 0.2) is 0 Å². The molecule has 1 aliphatic heterocycles. The molecule has 0 radical (unpaired) electrons. The number of carbonyl (C=O) groups is 1. The lowest BCUT2D eigenvalue weighted by molar-refractivity contribution is -0.137.